The maximum absolute atomic E-state index is 13.0. The van der Waals surface area contributed by atoms with Crippen LogP contribution in [-0.4, -0.2) is 22.6 Å². The summed E-state index contributed by atoms with van der Waals surface area (Å²) in [6.07, 6.45) is 6.33. The lowest BCUT2D eigenvalue weighted by Gasteiger charge is -2.29. The summed E-state index contributed by atoms with van der Waals surface area (Å²) in [6.45, 7) is 5.62. The fourth-order valence-electron chi connectivity index (χ4n) is 4.49. The minimum Gasteiger partial charge on any atom is -0.490 e. The second-order valence-electron chi connectivity index (χ2n) is 8.40. The van der Waals surface area contributed by atoms with Gasteiger partial charge in [-0.15, -0.1) is 0 Å². The summed E-state index contributed by atoms with van der Waals surface area (Å²) in [5.74, 6) is 0.363. The van der Waals surface area contributed by atoms with Gasteiger partial charge in [0.05, 0.1) is 12.6 Å². The number of urea groups is 1. The number of hydrogen-bond donors (Lipinski definition) is 2. The van der Waals surface area contributed by atoms with Crippen LogP contribution in [0.2, 0.25) is 0 Å². The van der Waals surface area contributed by atoms with Gasteiger partial charge in [0.2, 0.25) is 0 Å². The molecule has 2 heterocycles. The summed E-state index contributed by atoms with van der Waals surface area (Å²) in [5, 5.41) is 5.11. The number of rotatable bonds is 5. The Bertz CT molecular complexity index is 1050. The van der Waals surface area contributed by atoms with Gasteiger partial charge in [-0.3, -0.25) is 14.9 Å². The largest absolute Gasteiger partial charge is 0.490 e. The molecule has 0 spiro atoms. The van der Waals surface area contributed by atoms with E-state index in [2.05, 4.69) is 10.6 Å². The predicted octanol–water partition coefficient (Wildman–Crippen LogP) is 2.83. The first-order valence-corrected chi connectivity index (χ1v) is 10.4. The Morgan fingerprint density at radius 3 is 2.33 bits per heavy atom. The van der Waals surface area contributed by atoms with Gasteiger partial charge in [-0.1, -0.05) is 6.07 Å². The van der Waals surface area contributed by atoms with E-state index in [1.165, 1.54) is 17.4 Å². The lowest BCUT2D eigenvalue weighted by atomic mass is 9.87. The lowest BCUT2D eigenvalue weighted by Crippen LogP contribution is -2.49. The van der Waals surface area contributed by atoms with Gasteiger partial charge in [-0.2, -0.15) is 0 Å². The Hall–Kier alpha value is -3.09. The molecule has 2 aliphatic rings. The Morgan fingerprint density at radius 1 is 1.07 bits per heavy atom. The molecule has 158 valence electrons. The number of pyridine rings is 1. The van der Waals surface area contributed by atoms with E-state index in [1.807, 2.05) is 26.0 Å². The maximum atomic E-state index is 13.0. The number of nitrogens with zero attached hydrogens (tertiary/aromatic N) is 1. The second kappa shape index (κ2) is 7.63. The van der Waals surface area contributed by atoms with Gasteiger partial charge in [0.1, 0.15) is 5.75 Å². The zero-order chi connectivity index (χ0) is 21.5. The summed E-state index contributed by atoms with van der Waals surface area (Å²) >= 11 is 0. The molecule has 1 aliphatic heterocycles. The minimum absolute atomic E-state index is 0.00674. The van der Waals surface area contributed by atoms with Crippen molar-refractivity contribution < 1.29 is 14.3 Å². The van der Waals surface area contributed by atoms with Crippen molar-refractivity contribution in [3.8, 4) is 5.75 Å². The highest BCUT2D eigenvalue weighted by atomic mass is 16.5. The first kappa shape index (κ1) is 20.2. The molecule has 2 fully saturated rings. The van der Waals surface area contributed by atoms with Crippen molar-refractivity contribution in [1.82, 2.24) is 15.2 Å². The van der Waals surface area contributed by atoms with Crippen LogP contribution >= 0.6 is 0 Å². The zero-order valence-corrected chi connectivity index (χ0v) is 17.6. The number of benzene rings is 1. The Kier molecular flexibility index (Phi) is 5.13. The van der Waals surface area contributed by atoms with E-state index in [-0.39, 0.29) is 18.2 Å². The number of imide groups is 1. The molecule has 0 radical (unpaired) electrons. The highest BCUT2D eigenvalue weighted by molar-refractivity contribution is 6.07. The summed E-state index contributed by atoms with van der Waals surface area (Å²) in [5.41, 5.74) is 1.46. The molecule has 1 unspecified atom stereocenters. The van der Waals surface area contributed by atoms with Crippen LogP contribution in [0, 0.1) is 20.8 Å². The third kappa shape index (κ3) is 3.49. The number of hydrogen-bond acceptors (Lipinski definition) is 4. The molecule has 2 aromatic rings. The van der Waals surface area contributed by atoms with E-state index in [9.17, 15) is 14.4 Å². The third-order valence-electron chi connectivity index (χ3n) is 6.10. The van der Waals surface area contributed by atoms with Crippen molar-refractivity contribution in [2.75, 3.05) is 0 Å². The molecule has 0 bridgehead atoms. The van der Waals surface area contributed by atoms with Crippen molar-refractivity contribution in [3.63, 3.8) is 0 Å². The van der Waals surface area contributed by atoms with Crippen LogP contribution in [0.15, 0.2) is 35.3 Å². The number of ether oxygens (including phenoxy) is 1. The van der Waals surface area contributed by atoms with Crippen LogP contribution in [0.25, 0.3) is 0 Å². The molecule has 30 heavy (non-hydrogen) atoms. The summed E-state index contributed by atoms with van der Waals surface area (Å²) < 4.78 is 7.71. The first-order chi connectivity index (χ1) is 14.3. The van der Waals surface area contributed by atoms with Gasteiger partial charge in [-0.25, -0.2) is 4.79 Å². The van der Waals surface area contributed by atoms with E-state index in [1.54, 1.807) is 25.3 Å². The topological polar surface area (TPSA) is 89.4 Å². The molecule has 1 saturated heterocycles. The number of aromatic nitrogens is 1. The quantitative estimate of drug-likeness (QED) is 0.743. The van der Waals surface area contributed by atoms with Gasteiger partial charge in [0, 0.05) is 11.8 Å². The van der Waals surface area contributed by atoms with E-state index in [0.29, 0.717) is 11.1 Å². The van der Waals surface area contributed by atoms with Crippen LogP contribution in [-0.2, 0) is 16.9 Å². The Labute approximate surface area is 175 Å². The average molecular weight is 409 g/mol. The van der Waals surface area contributed by atoms with Crippen molar-refractivity contribution in [2.24, 2.45) is 0 Å². The second-order valence-corrected chi connectivity index (χ2v) is 8.40. The number of carbonyl (C=O) groups is 2. The lowest BCUT2D eigenvalue weighted by molar-refractivity contribution is -0.124. The van der Waals surface area contributed by atoms with Crippen LogP contribution in [0.4, 0.5) is 4.79 Å². The molecular weight excluding hydrogens is 382 g/mol. The van der Waals surface area contributed by atoms with Gasteiger partial charge in [-0.05, 0) is 81.3 Å². The van der Waals surface area contributed by atoms with Crippen molar-refractivity contribution in [3.05, 3.63) is 63.1 Å². The molecule has 4 rings (SSSR count). The van der Waals surface area contributed by atoms with E-state index in [0.717, 1.165) is 29.7 Å². The molecular formula is C23H27N3O4. The van der Waals surface area contributed by atoms with Gasteiger partial charge in [0.25, 0.3) is 11.5 Å². The highest BCUT2D eigenvalue weighted by Crippen LogP contribution is 2.35. The SMILES string of the molecule is Cc1cc(C2(Cn3cccc(C)c3=O)NC(=O)NC2=O)cc(C)c1OC1CCCC1. The van der Waals surface area contributed by atoms with Crippen molar-refractivity contribution in [1.29, 1.82) is 0 Å². The van der Waals surface area contributed by atoms with E-state index < -0.39 is 17.5 Å². The fraction of sp³-hybridized carbons (Fsp3) is 0.435. The number of aryl methyl sites for hydroxylation is 3. The van der Waals surface area contributed by atoms with E-state index >= 15 is 0 Å². The summed E-state index contributed by atoms with van der Waals surface area (Å²) in [7, 11) is 0. The summed E-state index contributed by atoms with van der Waals surface area (Å²) in [4.78, 5) is 37.6. The molecule has 1 aromatic carbocycles. The van der Waals surface area contributed by atoms with Crippen LogP contribution in [0.1, 0.15) is 47.9 Å². The molecule has 7 heteroatoms. The van der Waals surface area contributed by atoms with E-state index in [4.69, 9.17) is 4.74 Å². The molecule has 1 saturated carbocycles. The molecule has 3 amide bonds. The number of amides is 3. The maximum Gasteiger partial charge on any atom is 0.322 e. The fourth-order valence-corrected chi connectivity index (χ4v) is 4.49. The predicted molar refractivity (Wildman–Crippen MR) is 113 cm³/mol. The van der Waals surface area contributed by atoms with Gasteiger partial charge < -0.3 is 14.6 Å². The van der Waals surface area contributed by atoms with Gasteiger partial charge >= 0.3 is 6.03 Å². The smallest absolute Gasteiger partial charge is 0.322 e. The highest BCUT2D eigenvalue weighted by Gasteiger charge is 2.48. The van der Waals surface area contributed by atoms with Crippen LogP contribution in [0.5, 0.6) is 5.75 Å². The van der Waals surface area contributed by atoms with Crippen LogP contribution < -0.4 is 20.9 Å². The monoisotopic (exact) mass is 409 g/mol. The number of carbonyl (C=O) groups excluding carboxylic acids is 2. The first-order valence-electron chi connectivity index (χ1n) is 10.4. The molecule has 7 nitrogen and oxygen atoms in total. The average Bonchev–Trinajstić information content (AvgIpc) is 3.30. The zero-order valence-electron chi connectivity index (χ0n) is 17.6. The number of nitrogens with one attached hydrogen (secondary N) is 2. The normalized spacial score (nSPS) is 21.6. The Balaban J connectivity index is 1.76. The molecule has 1 atom stereocenters. The van der Waals surface area contributed by atoms with Crippen LogP contribution in [0.3, 0.4) is 0 Å². The molecule has 1 aromatic heterocycles. The third-order valence-corrected chi connectivity index (χ3v) is 6.10. The standard InChI is InChI=1S/C23H27N3O4/c1-14-7-6-10-26(20(14)27)13-23(21(28)24-22(29)25-23)17-11-15(2)19(16(3)12-17)30-18-8-4-5-9-18/h6-7,10-12,18H,4-5,8-9,13H2,1-3H3,(H2,24,25,28,29). The Morgan fingerprint density at radius 2 is 1.73 bits per heavy atom. The minimum atomic E-state index is -1.36. The van der Waals surface area contributed by atoms with Crippen molar-refractivity contribution >= 4 is 11.9 Å². The molecule has 2 N–H and O–H groups in total. The van der Waals surface area contributed by atoms with Crippen molar-refractivity contribution in [2.45, 2.75) is 64.6 Å². The van der Waals surface area contributed by atoms with Gasteiger partial charge in [0.15, 0.2) is 5.54 Å². The summed E-state index contributed by atoms with van der Waals surface area (Å²) in [6, 6.07) is 6.67. The molecule has 1 aliphatic carbocycles.